The maximum Gasteiger partial charge on any atom is 0.317 e. The van der Waals surface area contributed by atoms with Gasteiger partial charge in [-0.3, -0.25) is 0 Å². The minimum absolute atomic E-state index is 0.0846. The number of halogens is 2. The molecule has 1 N–H and O–H groups in total. The van der Waals surface area contributed by atoms with E-state index in [1.807, 2.05) is 12.1 Å². The van der Waals surface area contributed by atoms with Gasteiger partial charge in [-0.15, -0.1) is 0 Å². The molecule has 0 aliphatic carbocycles. The van der Waals surface area contributed by atoms with Gasteiger partial charge in [-0.1, -0.05) is 12.1 Å². The molecule has 0 saturated carbocycles. The molecule has 1 saturated heterocycles. The summed E-state index contributed by atoms with van der Waals surface area (Å²) in [5.41, 5.74) is 0.914. The van der Waals surface area contributed by atoms with Crippen molar-refractivity contribution in [1.82, 2.24) is 10.2 Å². The van der Waals surface area contributed by atoms with E-state index in [0.717, 1.165) is 5.56 Å². The molecule has 23 heavy (non-hydrogen) atoms. The van der Waals surface area contributed by atoms with E-state index >= 15 is 0 Å². The average Bonchev–Trinajstić information content (AvgIpc) is 2.54. The molecule has 7 heteroatoms. The van der Waals surface area contributed by atoms with Crippen molar-refractivity contribution in [3.05, 3.63) is 23.8 Å². The fraction of sp³-hybridized carbons (Fsp3) is 0.562. The van der Waals surface area contributed by atoms with Crippen LogP contribution in [-0.2, 0) is 6.42 Å². The van der Waals surface area contributed by atoms with Crippen molar-refractivity contribution in [1.29, 1.82) is 0 Å². The third-order valence-electron chi connectivity index (χ3n) is 3.94. The van der Waals surface area contributed by atoms with Crippen LogP contribution in [0.5, 0.6) is 11.5 Å². The maximum absolute atomic E-state index is 13.1. The van der Waals surface area contributed by atoms with E-state index < -0.39 is 5.92 Å². The van der Waals surface area contributed by atoms with Crippen molar-refractivity contribution in [2.45, 2.75) is 25.2 Å². The van der Waals surface area contributed by atoms with Crippen molar-refractivity contribution in [2.75, 3.05) is 33.9 Å². The first-order valence-corrected chi connectivity index (χ1v) is 7.57. The van der Waals surface area contributed by atoms with E-state index in [1.165, 1.54) is 4.90 Å². The highest BCUT2D eigenvalue weighted by Crippen LogP contribution is 2.31. The number of amides is 2. The van der Waals surface area contributed by atoms with Crippen LogP contribution < -0.4 is 14.8 Å². The molecule has 1 fully saturated rings. The third-order valence-corrected chi connectivity index (χ3v) is 3.94. The monoisotopic (exact) mass is 328 g/mol. The van der Waals surface area contributed by atoms with Gasteiger partial charge in [-0.05, 0) is 18.1 Å². The third kappa shape index (κ3) is 4.46. The topological polar surface area (TPSA) is 50.8 Å². The number of hydrogen-bond donors (Lipinski definition) is 1. The summed E-state index contributed by atoms with van der Waals surface area (Å²) in [6.07, 6.45) is 0.0182. The number of alkyl halides is 2. The Morgan fingerprint density at radius 1 is 1.26 bits per heavy atom. The van der Waals surface area contributed by atoms with Crippen LogP contribution in [0, 0.1) is 0 Å². The zero-order valence-electron chi connectivity index (χ0n) is 13.4. The molecule has 1 aliphatic heterocycles. The predicted octanol–water partition coefficient (Wildman–Crippen LogP) is 2.69. The standard InChI is InChI=1S/C16H22F2N2O3/c1-22-13-5-3-4-12(14(13)23-2)6-9-19-15(21)20-10-7-16(17,18)8-11-20/h3-5H,6-11H2,1-2H3,(H,19,21). The molecule has 2 rings (SSSR count). The summed E-state index contributed by atoms with van der Waals surface area (Å²) in [6, 6.07) is 5.25. The number of carbonyl (C=O) groups excluding carboxylic acids is 1. The van der Waals surface area contributed by atoms with E-state index in [-0.39, 0.29) is 32.0 Å². The largest absolute Gasteiger partial charge is 0.493 e. The van der Waals surface area contributed by atoms with Gasteiger partial charge in [-0.25, -0.2) is 13.6 Å². The minimum Gasteiger partial charge on any atom is -0.493 e. The Bertz CT molecular complexity index is 542. The second-order valence-corrected chi connectivity index (χ2v) is 5.48. The van der Waals surface area contributed by atoms with Crippen molar-refractivity contribution in [3.63, 3.8) is 0 Å². The van der Waals surface area contributed by atoms with Gasteiger partial charge < -0.3 is 19.7 Å². The van der Waals surface area contributed by atoms with E-state index in [4.69, 9.17) is 9.47 Å². The summed E-state index contributed by atoms with van der Waals surface area (Å²) < 4.78 is 36.7. The van der Waals surface area contributed by atoms with Gasteiger partial charge in [-0.2, -0.15) is 0 Å². The Morgan fingerprint density at radius 2 is 1.96 bits per heavy atom. The second kappa shape index (κ2) is 7.48. The van der Waals surface area contributed by atoms with Crippen LogP contribution in [0.25, 0.3) is 0 Å². The summed E-state index contributed by atoms with van der Waals surface area (Å²) in [7, 11) is 3.13. The first kappa shape index (κ1) is 17.3. The maximum atomic E-state index is 13.1. The van der Waals surface area contributed by atoms with E-state index in [0.29, 0.717) is 24.5 Å². The highest BCUT2D eigenvalue weighted by Gasteiger charge is 2.35. The van der Waals surface area contributed by atoms with Gasteiger partial charge in [0.25, 0.3) is 5.92 Å². The van der Waals surface area contributed by atoms with Gasteiger partial charge in [0, 0.05) is 32.5 Å². The molecule has 0 aromatic heterocycles. The lowest BCUT2D eigenvalue weighted by atomic mass is 10.1. The number of para-hydroxylation sites is 1. The van der Waals surface area contributed by atoms with Crippen LogP contribution in [0.2, 0.25) is 0 Å². The minimum atomic E-state index is -2.65. The van der Waals surface area contributed by atoms with Gasteiger partial charge >= 0.3 is 6.03 Å². The molecular weight excluding hydrogens is 306 g/mol. The molecule has 0 radical (unpaired) electrons. The fourth-order valence-corrected chi connectivity index (χ4v) is 2.60. The Morgan fingerprint density at radius 3 is 2.57 bits per heavy atom. The average molecular weight is 328 g/mol. The van der Waals surface area contributed by atoms with Crippen LogP contribution in [0.3, 0.4) is 0 Å². The van der Waals surface area contributed by atoms with Crippen molar-refractivity contribution in [2.24, 2.45) is 0 Å². The molecule has 2 amide bonds. The lowest BCUT2D eigenvalue weighted by Gasteiger charge is -2.31. The Kier molecular flexibility index (Phi) is 5.63. The number of carbonyl (C=O) groups is 1. The lowest BCUT2D eigenvalue weighted by Crippen LogP contribution is -2.47. The summed E-state index contributed by atoms with van der Waals surface area (Å²) in [5.74, 6) is -1.37. The summed E-state index contributed by atoms with van der Waals surface area (Å²) >= 11 is 0. The molecule has 0 unspecified atom stereocenters. The normalized spacial score (nSPS) is 16.8. The van der Waals surface area contributed by atoms with Gasteiger partial charge in [0.15, 0.2) is 11.5 Å². The van der Waals surface area contributed by atoms with E-state index in [1.54, 1.807) is 20.3 Å². The summed E-state index contributed by atoms with van der Waals surface area (Å²) in [5, 5.41) is 2.76. The first-order chi connectivity index (χ1) is 11.0. The van der Waals surface area contributed by atoms with Crippen LogP contribution in [-0.4, -0.2) is 50.7 Å². The molecule has 128 valence electrons. The number of nitrogens with zero attached hydrogens (tertiary/aromatic N) is 1. The molecule has 0 bridgehead atoms. The smallest absolute Gasteiger partial charge is 0.317 e. The zero-order chi connectivity index (χ0) is 16.9. The first-order valence-electron chi connectivity index (χ1n) is 7.57. The Balaban J connectivity index is 1.84. The van der Waals surface area contributed by atoms with E-state index in [9.17, 15) is 13.6 Å². The van der Waals surface area contributed by atoms with Gasteiger partial charge in [0.05, 0.1) is 14.2 Å². The number of nitrogens with one attached hydrogen (secondary N) is 1. The SMILES string of the molecule is COc1cccc(CCNC(=O)N2CCC(F)(F)CC2)c1OC. The predicted molar refractivity (Wildman–Crippen MR) is 82.4 cm³/mol. The Hall–Kier alpha value is -2.05. The van der Waals surface area contributed by atoms with Crippen LogP contribution in [0.1, 0.15) is 18.4 Å². The number of urea groups is 1. The highest BCUT2D eigenvalue weighted by molar-refractivity contribution is 5.74. The molecule has 0 atom stereocenters. The van der Waals surface area contributed by atoms with E-state index in [2.05, 4.69) is 5.32 Å². The molecular formula is C16H22F2N2O3. The summed E-state index contributed by atoms with van der Waals surface area (Å²) in [6.45, 7) is 0.567. The molecule has 1 heterocycles. The van der Waals surface area contributed by atoms with Crippen molar-refractivity contribution < 1.29 is 23.0 Å². The summed E-state index contributed by atoms with van der Waals surface area (Å²) in [4.78, 5) is 13.4. The number of ether oxygens (including phenoxy) is 2. The quantitative estimate of drug-likeness (QED) is 0.904. The number of piperidine rings is 1. The highest BCUT2D eigenvalue weighted by atomic mass is 19.3. The number of rotatable bonds is 5. The lowest BCUT2D eigenvalue weighted by molar-refractivity contribution is -0.0469. The fourth-order valence-electron chi connectivity index (χ4n) is 2.60. The number of hydrogen-bond acceptors (Lipinski definition) is 3. The Labute approximate surface area is 134 Å². The van der Waals surface area contributed by atoms with Gasteiger partial charge in [0.2, 0.25) is 0 Å². The molecule has 1 aliphatic rings. The van der Waals surface area contributed by atoms with Crippen molar-refractivity contribution in [3.8, 4) is 11.5 Å². The van der Waals surface area contributed by atoms with Crippen LogP contribution >= 0.6 is 0 Å². The molecule has 0 spiro atoms. The van der Waals surface area contributed by atoms with Crippen LogP contribution in [0.15, 0.2) is 18.2 Å². The second-order valence-electron chi connectivity index (χ2n) is 5.48. The molecule has 5 nitrogen and oxygen atoms in total. The van der Waals surface area contributed by atoms with Crippen molar-refractivity contribution >= 4 is 6.03 Å². The zero-order valence-corrected chi connectivity index (χ0v) is 13.4. The molecule has 1 aromatic rings. The van der Waals surface area contributed by atoms with Crippen LogP contribution in [0.4, 0.5) is 13.6 Å². The van der Waals surface area contributed by atoms with Gasteiger partial charge in [0.1, 0.15) is 0 Å². The number of likely N-dealkylation sites (tertiary alicyclic amines) is 1. The number of methoxy groups -OCH3 is 2. The molecule has 1 aromatic carbocycles. The number of benzene rings is 1.